The lowest BCUT2D eigenvalue weighted by Crippen LogP contribution is -2.29. The van der Waals surface area contributed by atoms with Crippen molar-refractivity contribution in [1.29, 1.82) is 0 Å². The molecule has 1 aliphatic heterocycles. The minimum Gasteiger partial charge on any atom is -0.507 e. The van der Waals surface area contributed by atoms with Crippen molar-refractivity contribution in [2.75, 3.05) is 0 Å². The van der Waals surface area contributed by atoms with Crippen LogP contribution in [0.1, 0.15) is 22.9 Å². The van der Waals surface area contributed by atoms with Gasteiger partial charge in [0.2, 0.25) is 0 Å². The zero-order valence-electron chi connectivity index (χ0n) is 15.2. The number of aromatic nitrogens is 2. The Morgan fingerprint density at radius 2 is 1.72 bits per heavy atom. The molecule has 144 valence electrons. The van der Waals surface area contributed by atoms with Crippen LogP contribution in [0.2, 0.25) is 0 Å². The van der Waals surface area contributed by atoms with Crippen LogP contribution >= 0.6 is 15.9 Å². The molecule has 0 saturated carbocycles. The number of carbonyl (C=O) groups excluding carboxylic acids is 2. The Kier molecular flexibility index (Phi) is 5.22. The molecule has 1 aromatic carbocycles. The molecule has 1 atom stereocenters. The number of nitrogens with zero attached hydrogens (tertiary/aromatic N) is 3. The number of amides is 1. The van der Waals surface area contributed by atoms with Crippen LogP contribution in [0.3, 0.4) is 0 Å². The summed E-state index contributed by atoms with van der Waals surface area (Å²) >= 11 is 3.35. The van der Waals surface area contributed by atoms with Crippen molar-refractivity contribution in [3.63, 3.8) is 0 Å². The smallest absolute Gasteiger partial charge is 0.296 e. The fraction of sp³-hybridized carbons (Fsp3) is 0.0909. The molecule has 29 heavy (non-hydrogen) atoms. The van der Waals surface area contributed by atoms with Gasteiger partial charge in [0.1, 0.15) is 5.76 Å². The van der Waals surface area contributed by atoms with Crippen LogP contribution in [-0.2, 0) is 16.1 Å². The van der Waals surface area contributed by atoms with Crippen molar-refractivity contribution < 1.29 is 14.7 Å². The van der Waals surface area contributed by atoms with E-state index in [1.807, 2.05) is 6.07 Å². The number of aliphatic hydroxyl groups excluding tert-OH is 1. The first-order valence-corrected chi connectivity index (χ1v) is 9.70. The highest BCUT2D eigenvalue weighted by atomic mass is 79.9. The molecule has 3 aromatic rings. The molecule has 0 bridgehead atoms. The largest absolute Gasteiger partial charge is 0.507 e. The summed E-state index contributed by atoms with van der Waals surface area (Å²) in [6, 6.07) is 15.0. The number of rotatable bonds is 4. The Hall–Kier alpha value is -3.32. The lowest BCUT2D eigenvalue weighted by Gasteiger charge is -2.24. The van der Waals surface area contributed by atoms with E-state index >= 15 is 0 Å². The lowest BCUT2D eigenvalue weighted by atomic mass is 9.96. The van der Waals surface area contributed by atoms with Crippen molar-refractivity contribution >= 4 is 33.4 Å². The standard InChI is InChI=1S/C22H16BrN3O3/c23-16-6-4-15(5-7-16)20(27)18-19(14-8-11-24-12-9-14)26(22(29)21(18)28)13-17-3-1-2-10-25-17/h1-12,19,27H,13H2/b20-18+. The number of carbonyl (C=O) groups is 2. The minimum atomic E-state index is -0.733. The average molecular weight is 450 g/mol. The second-order valence-corrected chi connectivity index (χ2v) is 7.45. The monoisotopic (exact) mass is 449 g/mol. The van der Waals surface area contributed by atoms with E-state index < -0.39 is 17.7 Å². The van der Waals surface area contributed by atoms with E-state index in [0.717, 1.165) is 4.47 Å². The number of aliphatic hydroxyl groups is 1. The van der Waals surface area contributed by atoms with Gasteiger partial charge in [0.25, 0.3) is 11.7 Å². The third kappa shape index (κ3) is 3.69. The highest BCUT2D eigenvalue weighted by molar-refractivity contribution is 9.10. The van der Waals surface area contributed by atoms with Crippen molar-refractivity contribution in [1.82, 2.24) is 14.9 Å². The minimum absolute atomic E-state index is 0.0550. The SMILES string of the molecule is O=C1C(=O)N(Cc2ccccn2)C(c2ccncc2)/C1=C(\O)c1ccc(Br)cc1. The van der Waals surface area contributed by atoms with Crippen LogP contribution in [0, 0.1) is 0 Å². The Morgan fingerprint density at radius 3 is 2.38 bits per heavy atom. The van der Waals surface area contributed by atoms with Gasteiger partial charge in [-0.3, -0.25) is 19.6 Å². The second-order valence-electron chi connectivity index (χ2n) is 6.54. The van der Waals surface area contributed by atoms with E-state index in [2.05, 4.69) is 25.9 Å². The predicted octanol–water partition coefficient (Wildman–Crippen LogP) is 3.86. The number of pyridine rings is 2. The summed E-state index contributed by atoms with van der Waals surface area (Å²) in [4.78, 5) is 35.5. The predicted molar refractivity (Wildman–Crippen MR) is 110 cm³/mol. The molecule has 1 N–H and O–H groups in total. The first-order valence-electron chi connectivity index (χ1n) is 8.90. The molecule has 0 aliphatic carbocycles. The Balaban J connectivity index is 1.85. The Labute approximate surface area is 175 Å². The molecule has 0 spiro atoms. The van der Waals surface area contributed by atoms with Crippen LogP contribution in [0.25, 0.3) is 5.76 Å². The molecule has 1 fully saturated rings. The number of halogens is 1. The van der Waals surface area contributed by atoms with Gasteiger partial charge in [-0.05, 0) is 42.0 Å². The van der Waals surface area contributed by atoms with Gasteiger partial charge in [-0.15, -0.1) is 0 Å². The van der Waals surface area contributed by atoms with E-state index in [-0.39, 0.29) is 17.9 Å². The van der Waals surface area contributed by atoms with Crippen molar-refractivity contribution in [2.45, 2.75) is 12.6 Å². The molecule has 1 saturated heterocycles. The molecule has 0 radical (unpaired) electrons. The zero-order valence-corrected chi connectivity index (χ0v) is 16.8. The highest BCUT2D eigenvalue weighted by Crippen LogP contribution is 2.40. The number of hydrogen-bond donors (Lipinski definition) is 1. The molecule has 1 unspecified atom stereocenters. The maximum absolute atomic E-state index is 12.9. The maximum atomic E-state index is 12.9. The lowest BCUT2D eigenvalue weighted by molar-refractivity contribution is -0.140. The van der Waals surface area contributed by atoms with Crippen LogP contribution < -0.4 is 0 Å². The number of likely N-dealkylation sites (tertiary alicyclic amines) is 1. The first kappa shape index (κ1) is 19.0. The van der Waals surface area contributed by atoms with E-state index in [0.29, 0.717) is 16.8 Å². The molecule has 6 nitrogen and oxygen atoms in total. The third-order valence-corrected chi connectivity index (χ3v) is 5.27. The molecule has 1 amide bonds. The topological polar surface area (TPSA) is 83.4 Å². The first-order chi connectivity index (χ1) is 14.1. The molecule has 3 heterocycles. The number of benzene rings is 1. The van der Waals surface area contributed by atoms with Gasteiger partial charge < -0.3 is 10.0 Å². The summed E-state index contributed by atoms with van der Waals surface area (Å²) in [7, 11) is 0. The van der Waals surface area contributed by atoms with Crippen LogP contribution in [0.5, 0.6) is 0 Å². The van der Waals surface area contributed by atoms with Gasteiger partial charge in [-0.25, -0.2) is 0 Å². The molecular formula is C22H16BrN3O3. The Morgan fingerprint density at radius 1 is 1.00 bits per heavy atom. The van der Waals surface area contributed by atoms with Crippen LogP contribution in [-0.4, -0.2) is 31.7 Å². The van der Waals surface area contributed by atoms with E-state index in [1.54, 1.807) is 67.1 Å². The van der Waals surface area contributed by atoms with Gasteiger partial charge in [0.05, 0.1) is 23.9 Å². The fourth-order valence-electron chi connectivity index (χ4n) is 3.36. The Bertz CT molecular complexity index is 1080. The van der Waals surface area contributed by atoms with Gasteiger partial charge in [0.15, 0.2) is 0 Å². The van der Waals surface area contributed by atoms with Gasteiger partial charge in [0, 0.05) is 28.6 Å². The number of hydrogen-bond acceptors (Lipinski definition) is 5. The molecular weight excluding hydrogens is 434 g/mol. The highest BCUT2D eigenvalue weighted by Gasteiger charge is 2.46. The summed E-state index contributed by atoms with van der Waals surface area (Å²) in [6.07, 6.45) is 4.82. The fourth-order valence-corrected chi connectivity index (χ4v) is 3.63. The van der Waals surface area contributed by atoms with Gasteiger partial charge >= 0.3 is 0 Å². The zero-order chi connectivity index (χ0) is 20.4. The molecule has 1 aliphatic rings. The molecule has 4 rings (SSSR count). The van der Waals surface area contributed by atoms with Crippen LogP contribution in [0.15, 0.2) is 83.2 Å². The quantitative estimate of drug-likeness (QED) is 0.371. The summed E-state index contributed by atoms with van der Waals surface area (Å²) < 4.78 is 0.843. The summed E-state index contributed by atoms with van der Waals surface area (Å²) in [5.41, 5.74) is 1.86. The summed E-state index contributed by atoms with van der Waals surface area (Å²) in [6.45, 7) is 0.148. The van der Waals surface area contributed by atoms with E-state index in [9.17, 15) is 14.7 Å². The third-order valence-electron chi connectivity index (χ3n) is 4.74. The van der Waals surface area contributed by atoms with Crippen molar-refractivity contribution in [2.24, 2.45) is 0 Å². The summed E-state index contributed by atoms with van der Waals surface area (Å²) in [5, 5.41) is 10.9. The average Bonchev–Trinajstić information content (AvgIpc) is 3.00. The normalized spacial score (nSPS) is 18.2. The van der Waals surface area contributed by atoms with Gasteiger partial charge in [-0.2, -0.15) is 0 Å². The van der Waals surface area contributed by atoms with Gasteiger partial charge in [-0.1, -0.05) is 34.1 Å². The second kappa shape index (κ2) is 7.97. The number of Topliss-reactive ketones (excluding diaryl/α,β-unsaturated/α-hetero) is 1. The van der Waals surface area contributed by atoms with Crippen molar-refractivity contribution in [3.8, 4) is 0 Å². The maximum Gasteiger partial charge on any atom is 0.296 e. The van der Waals surface area contributed by atoms with Crippen molar-refractivity contribution in [3.05, 3.63) is 100 Å². The molecule has 2 aromatic heterocycles. The number of ketones is 1. The van der Waals surface area contributed by atoms with Crippen LogP contribution in [0.4, 0.5) is 0 Å². The van der Waals surface area contributed by atoms with E-state index in [4.69, 9.17) is 0 Å². The summed E-state index contributed by atoms with van der Waals surface area (Å²) in [5.74, 6) is -1.60. The molecule has 7 heteroatoms. The van der Waals surface area contributed by atoms with E-state index in [1.165, 1.54) is 4.90 Å².